The molecule has 1 aliphatic rings. The fourth-order valence-electron chi connectivity index (χ4n) is 1.79. The zero-order valence-corrected chi connectivity index (χ0v) is 8.94. The van der Waals surface area contributed by atoms with Crippen LogP contribution in [0.25, 0.3) is 0 Å². The van der Waals surface area contributed by atoms with E-state index in [0.29, 0.717) is 5.41 Å². The third kappa shape index (κ3) is 2.14. The van der Waals surface area contributed by atoms with Gasteiger partial charge in [0.15, 0.2) is 0 Å². The van der Waals surface area contributed by atoms with Crippen molar-refractivity contribution in [3.8, 4) is 0 Å². The number of halogens is 1. The van der Waals surface area contributed by atoms with E-state index in [1.165, 1.54) is 12.8 Å². The van der Waals surface area contributed by atoms with E-state index in [0.717, 1.165) is 24.0 Å². The van der Waals surface area contributed by atoms with Gasteiger partial charge in [-0.15, -0.1) is 0 Å². The SMILES string of the molecule is Cc1ccc(F)c(CCC2(C)CC2)c1. The highest BCUT2D eigenvalue weighted by atomic mass is 19.1. The van der Waals surface area contributed by atoms with Crippen molar-refractivity contribution in [1.82, 2.24) is 0 Å². The van der Waals surface area contributed by atoms with Crippen LogP contribution in [-0.2, 0) is 6.42 Å². The van der Waals surface area contributed by atoms with Gasteiger partial charge < -0.3 is 0 Å². The van der Waals surface area contributed by atoms with Gasteiger partial charge in [0.1, 0.15) is 5.82 Å². The molecule has 0 atom stereocenters. The van der Waals surface area contributed by atoms with Crippen LogP contribution >= 0.6 is 0 Å². The van der Waals surface area contributed by atoms with E-state index in [1.54, 1.807) is 6.07 Å². The van der Waals surface area contributed by atoms with Crippen LogP contribution in [-0.4, -0.2) is 0 Å². The summed E-state index contributed by atoms with van der Waals surface area (Å²) in [4.78, 5) is 0. The van der Waals surface area contributed by atoms with Crippen molar-refractivity contribution in [3.63, 3.8) is 0 Å². The minimum Gasteiger partial charge on any atom is -0.207 e. The summed E-state index contributed by atoms with van der Waals surface area (Å²) in [7, 11) is 0. The molecule has 0 saturated heterocycles. The predicted molar refractivity (Wildman–Crippen MR) is 56.8 cm³/mol. The predicted octanol–water partition coefficient (Wildman–Crippen LogP) is 3.87. The Morgan fingerprint density at radius 3 is 2.71 bits per heavy atom. The zero-order chi connectivity index (χ0) is 10.2. The van der Waals surface area contributed by atoms with E-state index in [-0.39, 0.29) is 5.82 Å². The fraction of sp³-hybridized carbons (Fsp3) is 0.538. The van der Waals surface area contributed by atoms with E-state index in [4.69, 9.17) is 0 Å². The third-order valence-electron chi connectivity index (χ3n) is 3.30. The van der Waals surface area contributed by atoms with Crippen LogP contribution in [0, 0.1) is 18.2 Å². The standard InChI is InChI=1S/C13H17F/c1-10-3-4-12(14)11(9-10)5-6-13(2)7-8-13/h3-4,9H,5-8H2,1-2H3. The van der Waals surface area contributed by atoms with Gasteiger partial charge in [-0.05, 0) is 49.7 Å². The van der Waals surface area contributed by atoms with Gasteiger partial charge in [0.25, 0.3) is 0 Å². The molecule has 1 aliphatic carbocycles. The molecule has 1 saturated carbocycles. The molecule has 0 radical (unpaired) electrons. The smallest absolute Gasteiger partial charge is 0.126 e. The third-order valence-corrected chi connectivity index (χ3v) is 3.30. The van der Waals surface area contributed by atoms with Gasteiger partial charge in [-0.3, -0.25) is 0 Å². The van der Waals surface area contributed by atoms with Gasteiger partial charge in [-0.2, -0.15) is 0 Å². The van der Waals surface area contributed by atoms with Crippen LogP contribution in [0.2, 0.25) is 0 Å². The molecule has 0 bridgehead atoms. The number of hydrogen-bond acceptors (Lipinski definition) is 0. The van der Waals surface area contributed by atoms with Crippen molar-refractivity contribution in [3.05, 3.63) is 35.1 Å². The maximum absolute atomic E-state index is 13.4. The summed E-state index contributed by atoms with van der Waals surface area (Å²) in [6.45, 7) is 4.31. The van der Waals surface area contributed by atoms with Crippen LogP contribution in [0.1, 0.15) is 37.3 Å². The first-order valence-corrected chi connectivity index (χ1v) is 5.34. The lowest BCUT2D eigenvalue weighted by atomic mass is 9.98. The Morgan fingerprint density at radius 2 is 2.07 bits per heavy atom. The molecule has 0 N–H and O–H groups in total. The summed E-state index contributed by atoms with van der Waals surface area (Å²) in [5.41, 5.74) is 2.57. The van der Waals surface area contributed by atoms with Gasteiger partial charge >= 0.3 is 0 Å². The summed E-state index contributed by atoms with van der Waals surface area (Å²) in [5.74, 6) is -0.0418. The van der Waals surface area contributed by atoms with Crippen molar-refractivity contribution in [1.29, 1.82) is 0 Å². The number of benzene rings is 1. The van der Waals surface area contributed by atoms with E-state index >= 15 is 0 Å². The summed E-state index contributed by atoms with van der Waals surface area (Å²) >= 11 is 0. The second kappa shape index (κ2) is 3.38. The summed E-state index contributed by atoms with van der Waals surface area (Å²) in [6, 6.07) is 5.39. The number of hydrogen-bond donors (Lipinski definition) is 0. The number of aryl methyl sites for hydroxylation is 2. The van der Waals surface area contributed by atoms with Crippen molar-refractivity contribution in [2.75, 3.05) is 0 Å². The first kappa shape index (κ1) is 9.70. The fourth-order valence-corrected chi connectivity index (χ4v) is 1.79. The Bertz CT molecular complexity index is 337. The average molecular weight is 192 g/mol. The molecule has 0 aromatic heterocycles. The van der Waals surface area contributed by atoms with Crippen molar-refractivity contribution < 1.29 is 4.39 Å². The van der Waals surface area contributed by atoms with Crippen LogP contribution in [0.15, 0.2) is 18.2 Å². The summed E-state index contributed by atoms with van der Waals surface area (Å²) < 4.78 is 13.4. The Morgan fingerprint density at radius 1 is 1.36 bits per heavy atom. The van der Waals surface area contributed by atoms with E-state index in [2.05, 4.69) is 6.92 Å². The molecule has 76 valence electrons. The molecule has 1 heteroatoms. The minimum absolute atomic E-state index is 0.0418. The van der Waals surface area contributed by atoms with Gasteiger partial charge in [-0.25, -0.2) is 4.39 Å². The van der Waals surface area contributed by atoms with E-state index < -0.39 is 0 Å². The molecule has 1 fully saturated rings. The molecule has 0 aliphatic heterocycles. The molecule has 14 heavy (non-hydrogen) atoms. The first-order chi connectivity index (χ1) is 6.59. The largest absolute Gasteiger partial charge is 0.207 e. The highest BCUT2D eigenvalue weighted by Crippen LogP contribution is 2.48. The van der Waals surface area contributed by atoms with Gasteiger partial charge in [0.05, 0.1) is 0 Å². The number of rotatable bonds is 3. The topological polar surface area (TPSA) is 0 Å². The second-order valence-corrected chi connectivity index (χ2v) is 4.91. The first-order valence-electron chi connectivity index (χ1n) is 5.34. The summed E-state index contributed by atoms with van der Waals surface area (Å²) in [5, 5.41) is 0. The van der Waals surface area contributed by atoms with Crippen LogP contribution in [0.3, 0.4) is 0 Å². The molecule has 1 aromatic carbocycles. The quantitative estimate of drug-likeness (QED) is 0.682. The molecular weight excluding hydrogens is 175 g/mol. The molecule has 0 unspecified atom stereocenters. The Kier molecular flexibility index (Phi) is 2.34. The Balaban J connectivity index is 2.04. The zero-order valence-electron chi connectivity index (χ0n) is 8.94. The molecule has 0 nitrogen and oxygen atoms in total. The van der Waals surface area contributed by atoms with Crippen LogP contribution < -0.4 is 0 Å². The molecule has 0 amide bonds. The van der Waals surface area contributed by atoms with Crippen molar-refractivity contribution in [2.45, 2.75) is 39.5 Å². The second-order valence-electron chi connectivity index (χ2n) is 4.91. The lowest BCUT2D eigenvalue weighted by Gasteiger charge is -2.09. The van der Waals surface area contributed by atoms with Crippen LogP contribution in [0.4, 0.5) is 4.39 Å². The van der Waals surface area contributed by atoms with Gasteiger partial charge in [0.2, 0.25) is 0 Å². The highest BCUT2D eigenvalue weighted by molar-refractivity contribution is 5.24. The highest BCUT2D eigenvalue weighted by Gasteiger charge is 2.36. The molecule has 0 heterocycles. The maximum atomic E-state index is 13.4. The lowest BCUT2D eigenvalue weighted by Crippen LogP contribution is -1.98. The molecular formula is C13H17F. The maximum Gasteiger partial charge on any atom is 0.126 e. The van der Waals surface area contributed by atoms with Crippen molar-refractivity contribution in [2.24, 2.45) is 5.41 Å². The Hall–Kier alpha value is -0.850. The van der Waals surface area contributed by atoms with E-state index in [9.17, 15) is 4.39 Å². The average Bonchev–Trinajstić information content (AvgIpc) is 2.87. The lowest BCUT2D eigenvalue weighted by molar-refractivity contribution is 0.506. The summed E-state index contributed by atoms with van der Waals surface area (Å²) in [6.07, 6.45) is 4.66. The molecule has 2 rings (SSSR count). The minimum atomic E-state index is -0.0418. The van der Waals surface area contributed by atoms with Crippen LogP contribution in [0.5, 0.6) is 0 Å². The van der Waals surface area contributed by atoms with Gasteiger partial charge in [0, 0.05) is 0 Å². The normalized spacial score (nSPS) is 18.2. The van der Waals surface area contributed by atoms with Gasteiger partial charge in [-0.1, -0.05) is 24.6 Å². The Labute approximate surface area is 85.1 Å². The molecule has 1 aromatic rings. The van der Waals surface area contributed by atoms with Crippen molar-refractivity contribution >= 4 is 0 Å². The molecule has 0 spiro atoms. The monoisotopic (exact) mass is 192 g/mol. The van der Waals surface area contributed by atoms with E-state index in [1.807, 2.05) is 19.1 Å².